The molecule has 7 heteroatoms. The van der Waals surface area contributed by atoms with E-state index in [0.29, 0.717) is 48.2 Å². The third kappa shape index (κ3) is 3.64. The Balaban J connectivity index is 1.88. The van der Waals surface area contributed by atoms with Crippen LogP contribution in [0.4, 0.5) is 8.78 Å². The summed E-state index contributed by atoms with van der Waals surface area (Å²) in [5.74, 6) is -2.31. The Morgan fingerprint density at radius 1 is 1.00 bits per heavy atom. The van der Waals surface area contributed by atoms with Gasteiger partial charge in [-0.1, -0.05) is 12.1 Å². The van der Waals surface area contributed by atoms with Gasteiger partial charge in [0.05, 0.1) is 16.5 Å². The van der Waals surface area contributed by atoms with Crippen LogP contribution in [0.2, 0.25) is 0 Å². The zero-order valence-corrected chi connectivity index (χ0v) is 17.6. The van der Waals surface area contributed by atoms with E-state index in [0.717, 1.165) is 11.8 Å². The first-order chi connectivity index (χ1) is 16.0. The van der Waals surface area contributed by atoms with E-state index in [4.69, 9.17) is 4.74 Å². The number of phenolic OH excluding ortho intramolecular Hbond substituents is 1. The number of carboxylic acid groups (broad SMARTS) is 1. The van der Waals surface area contributed by atoms with Crippen LogP contribution < -0.4 is 0 Å². The van der Waals surface area contributed by atoms with Crippen molar-refractivity contribution in [2.24, 2.45) is 0 Å². The molecule has 0 bridgehead atoms. The molecule has 4 aromatic rings. The highest BCUT2D eigenvalue weighted by atomic mass is 19.1. The lowest BCUT2D eigenvalue weighted by Crippen LogP contribution is -2.17. The fraction of sp³-hybridized carbons (Fsp3) is 0.192. The van der Waals surface area contributed by atoms with Crippen LogP contribution in [-0.2, 0) is 4.74 Å². The number of carbonyl (C=O) groups is 1. The first-order valence-corrected chi connectivity index (χ1v) is 10.7. The van der Waals surface area contributed by atoms with E-state index in [1.165, 1.54) is 30.3 Å². The largest absolute Gasteiger partial charge is 0.507 e. The lowest BCUT2D eigenvalue weighted by Gasteiger charge is -2.26. The van der Waals surface area contributed by atoms with Crippen molar-refractivity contribution in [3.8, 4) is 22.6 Å². The van der Waals surface area contributed by atoms with Gasteiger partial charge in [0.2, 0.25) is 0 Å². The van der Waals surface area contributed by atoms with E-state index in [2.05, 4.69) is 0 Å². The topological polar surface area (TPSA) is 71.7 Å². The number of nitrogens with zero attached hydrogens (tertiary/aromatic N) is 1. The number of aromatic nitrogens is 1. The van der Waals surface area contributed by atoms with Crippen LogP contribution in [0.1, 0.15) is 34.8 Å². The minimum absolute atomic E-state index is 0.0100. The molecule has 5 rings (SSSR count). The second-order valence-electron chi connectivity index (χ2n) is 8.13. The van der Waals surface area contributed by atoms with Gasteiger partial charge in [-0.15, -0.1) is 0 Å². The van der Waals surface area contributed by atoms with Crippen molar-refractivity contribution in [2.75, 3.05) is 13.2 Å². The number of carboxylic acids is 1. The number of hydrogen-bond donors (Lipinski definition) is 2. The molecule has 1 aliphatic rings. The standard InChI is InChI=1S/C26H21F2NO4/c27-17-5-7-18(8-6-17)29-21-2-1-3-22(30)24(21)23(25(29)15-10-12-33-13-11-15)19-9-4-16(26(31)32)14-20(19)28/h1-9,14-15,30H,10-13H2,(H,31,32). The van der Waals surface area contributed by atoms with E-state index in [-0.39, 0.29) is 28.6 Å². The lowest BCUT2D eigenvalue weighted by atomic mass is 9.89. The predicted molar refractivity (Wildman–Crippen MR) is 120 cm³/mol. The summed E-state index contributed by atoms with van der Waals surface area (Å²) in [6.07, 6.45) is 1.39. The molecule has 0 amide bonds. The third-order valence-corrected chi connectivity index (χ3v) is 6.19. The van der Waals surface area contributed by atoms with Gasteiger partial charge in [0.1, 0.15) is 17.4 Å². The van der Waals surface area contributed by atoms with Gasteiger partial charge in [-0.25, -0.2) is 13.6 Å². The maximum atomic E-state index is 15.3. The molecular weight excluding hydrogens is 428 g/mol. The highest BCUT2D eigenvalue weighted by molar-refractivity contribution is 6.03. The molecule has 2 N–H and O–H groups in total. The number of halogens is 2. The zero-order valence-electron chi connectivity index (χ0n) is 17.6. The molecule has 1 aliphatic heterocycles. The zero-order chi connectivity index (χ0) is 23.1. The van der Waals surface area contributed by atoms with Crippen molar-refractivity contribution in [1.82, 2.24) is 4.57 Å². The summed E-state index contributed by atoms with van der Waals surface area (Å²) in [5.41, 5.74) is 2.67. The molecule has 1 fully saturated rings. The molecule has 0 saturated carbocycles. The first-order valence-electron chi connectivity index (χ1n) is 10.7. The van der Waals surface area contributed by atoms with Gasteiger partial charge in [-0.2, -0.15) is 0 Å². The Labute approximate surface area is 188 Å². The summed E-state index contributed by atoms with van der Waals surface area (Å²) in [4.78, 5) is 11.3. The first kappa shape index (κ1) is 21.2. The van der Waals surface area contributed by atoms with Crippen LogP contribution in [-0.4, -0.2) is 34.0 Å². The summed E-state index contributed by atoms with van der Waals surface area (Å²) in [6.45, 7) is 1.09. The second-order valence-corrected chi connectivity index (χ2v) is 8.13. The van der Waals surface area contributed by atoms with E-state index >= 15 is 4.39 Å². The fourth-order valence-corrected chi connectivity index (χ4v) is 4.69. The second kappa shape index (κ2) is 8.33. The number of hydrogen-bond acceptors (Lipinski definition) is 3. The molecule has 168 valence electrons. The number of benzene rings is 3. The van der Waals surface area contributed by atoms with Gasteiger partial charge in [0.25, 0.3) is 0 Å². The summed E-state index contributed by atoms with van der Waals surface area (Å²) >= 11 is 0. The Bertz CT molecular complexity index is 1360. The van der Waals surface area contributed by atoms with Crippen molar-refractivity contribution in [3.05, 3.63) is 83.6 Å². The Kier molecular flexibility index (Phi) is 5.34. The number of fused-ring (bicyclic) bond motifs is 1. The van der Waals surface area contributed by atoms with Gasteiger partial charge in [0.15, 0.2) is 0 Å². The average Bonchev–Trinajstić information content (AvgIpc) is 3.16. The highest BCUT2D eigenvalue weighted by Crippen LogP contribution is 2.47. The maximum Gasteiger partial charge on any atom is 0.335 e. The summed E-state index contributed by atoms with van der Waals surface area (Å²) in [6, 6.07) is 14.9. The maximum absolute atomic E-state index is 15.3. The Hall–Kier alpha value is -3.71. The molecular formula is C26H21F2NO4. The molecule has 3 aromatic carbocycles. The molecule has 5 nitrogen and oxygen atoms in total. The molecule has 0 atom stereocenters. The van der Waals surface area contributed by atoms with E-state index in [9.17, 15) is 19.4 Å². The number of phenols is 1. The Morgan fingerprint density at radius 2 is 1.73 bits per heavy atom. The van der Waals surface area contributed by atoms with Crippen LogP contribution in [0, 0.1) is 11.6 Å². The van der Waals surface area contributed by atoms with Crippen molar-refractivity contribution in [2.45, 2.75) is 18.8 Å². The van der Waals surface area contributed by atoms with Gasteiger partial charge in [0, 0.05) is 41.6 Å². The molecule has 1 saturated heterocycles. The quantitative estimate of drug-likeness (QED) is 0.409. The van der Waals surface area contributed by atoms with E-state index < -0.39 is 11.8 Å². The van der Waals surface area contributed by atoms with Crippen LogP contribution in [0.25, 0.3) is 27.7 Å². The van der Waals surface area contributed by atoms with Crippen LogP contribution in [0.15, 0.2) is 60.7 Å². The van der Waals surface area contributed by atoms with E-state index in [1.807, 2.05) is 10.6 Å². The van der Waals surface area contributed by atoms with Crippen LogP contribution >= 0.6 is 0 Å². The fourth-order valence-electron chi connectivity index (χ4n) is 4.69. The molecule has 0 spiro atoms. The van der Waals surface area contributed by atoms with Crippen LogP contribution in [0.3, 0.4) is 0 Å². The van der Waals surface area contributed by atoms with Gasteiger partial charge < -0.3 is 19.5 Å². The molecule has 2 heterocycles. The third-order valence-electron chi connectivity index (χ3n) is 6.19. The highest BCUT2D eigenvalue weighted by Gasteiger charge is 2.30. The number of ether oxygens (including phenoxy) is 1. The Morgan fingerprint density at radius 3 is 2.39 bits per heavy atom. The van der Waals surface area contributed by atoms with Gasteiger partial charge in [-0.05, 0) is 61.4 Å². The van der Waals surface area contributed by atoms with Crippen molar-refractivity contribution in [3.63, 3.8) is 0 Å². The molecule has 0 radical (unpaired) electrons. The molecule has 0 aliphatic carbocycles. The minimum atomic E-state index is -1.22. The molecule has 33 heavy (non-hydrogen) atoms. The predicted octanol–water partition coefficient (Wildman–Crippen LogP) is 5.87. The lowest BCUT2D eigenvalue weighted by molar-refractivity contribution is 0.0696. The normalized spacial score (nSPS) is 14.6. The van der Waals surface area contributed by atoms with Gasteiger partial charge in [-0.3, -0.25) is 0 Å². The summed E-state index contributed by atoms with van der Waals surface area (Å²) < 4.78 is 36.5. The molecule has 0 unspecified atom stereocenters. The van der Waals surface area contributed by atoms with Crippen LogP contribution in [0.5, 0.6) is 5.75 Å². The number of aromatic carboxylic acids is 1. The van der Waals surface area contributed by atoms with Crippen molar-refractivity contribution < 1.29 is 28.5 Å². The summed E-state index contributed by atoms with van der Waals surface area (Å²) in [7, 11) is 0. The van der Waals surface area contributed by atoms with Gasteiger partial charge >= 0.3 is 5.97 Å². The van der Waals surface area contributed by atoms with Crippen molar-refractivity contribution >= 4 is 16.9 Å². The monoisotopic (exact) mass is 449 g/mol. The van der Waals surface area contributed by atoms with E-state index in [1.54, 1.807) is 18.2 Å². The minimum Gasteiger partial charge on any atom is -0.507 e. The number of aromatic hydroxyl groups is 1. The van der Waals surface area contributed by atoms with Crippen molar-refractivity contribution in [1.29, 1.82) is 0 Å². The molecule has 1 aromatic heterocycles. The average molecular weight is 449 g/mol. The SMILES string of the molecule is O=C(O)c1ccc(-c2c(C3CCOCC3)n(-c3ccc(F)cc3)c3cccc(O)c23)c(F)c1. The smallest absolute Gasteiger partial charge is 0.335 e. The number of rotatable bonds is 4. The summed E-state index contributed by atoms with van der Waals surface area (Å²) in [5, 5.41) is 20.6.